The fourth-order valence-electron chi connectivity index (χ4n) is 4.68. The highest BCUT2D eigenvalue weighted by atomic mass is 32.2. The van der Waals surface area contributed by atoms with Gasteiger partial charge in [0.25, 0.3) is 15.9 Å². The minimum absolute atomic E-state index is 0.000862. The highest BCUT2D eigenvalue weighted by Gasteiger charge is 2.33. The summed E-state index contributed by atoms with van der Waals surface area (Å²) < 4.78 is 73.4. The number of alkyl halides is 3. The van der Waals surface area contributed by atoms with Gasteiger partial charge in [-0.2, -0.15) is 13.2 Å². The molecule has 3 aromatic rings. The highest BCUT2D eigenvalue weighted by Crippen LogP contribution is 2.38. The number of benzene rings is 2. The Kier molecular flexibility index (Phi) is 9.03. The van der Waals surface area contributed by atoms with Crippen molar-refractivity contribution in [2.75, 3.05) is 11.3 Å². The molecule has 1 saturated carbocycles. The lowest BCUT2D eigenvalue weighted by molar-refractivity contribution is -0.137. The molecule has 1 aromatic heterocycles. The first kappa shape index (κ1) is 29.8. The summed E-state index contributed by atoms with van der Waals surface area (Å²) in [7, 11) is -3.92. The van der Waals surface area contributed by atoms with Crippen LogP contribution < -0.4 is 14.8 Å². The van der Waals surface area contributed by atoms with Gasteiger partial charge in [-0.1, -0.05) is 50.2 Å². The number of carbonyl (C=O) groups excluding carboxylic acids is 1. The zero-order chi connectivity index (χ0) is 29.1. The maximum absolute atomic E-state index is 13.3. The summed E-state index contributed by atoms with van der Waals surface area (Å²) in [6.45, 7) is 5.59. The molecule has 40 heavy (non-hydrogen) atoms. The molecule has 1 aliphatic rings. The van der Waals surface area contributed by atoms with Crippen LogP contribution in [-0.2, 0) is 16.2 Å². The Labute approximate surface area is 235 Å². The number of hydrogen-bond donors (Lipinski definition) is 2. The number of carbonyl (C=O) groups is 1. The molecule has 2 aromatic carbocycles. The van der Waals surface area contributed by atoms with Gasteiger partial charge < -0.3 is 10.1 Å². The van der Waals surface area contributed by atoms with Gasteiger partial charge in [-0.15, -0.1) is 10.2 Å². The van der Waals surface area contributed by atoms with Crippen molar-refractivity contribution < 1.29 is 31.1 Å². The van der Waals surface area contributed by atoms with Gasteiger partial charge >= 0.3 is 6.18 Å². The number of sulfonamides is 1. The Balaban J connectivity index is 1.57. The molecule has 0 spiro atoms. The Morgan fingerprint density at radius 3 is 2.35 bits per heavy atom. The maximum Gasteiger partial charge on any atom is 0.416 e. The molecule has 0 bridgehead atoms. The smallest absolute Gasteiger partial charge is 0.416 e. The van der Waals surface area contributed by atoms with Crippen LogP contribution >= 0.6 is 11.3 Å². The summed E-state index contributed by atoms with van der Waals surface area (Å²) in [5.41, 5.74) is -0.208. The Hall–Kier alpha value is -3.19. The lowest BCUT2D eigenvalue weighted by atomic mass is 9.91. The third kappa shape index (κ3) is 6.92. The first-order chi connectivity index (χ1) is 18.9. The van der Waals surface area contributed by atoms with Crippen LogP contribution in [0.2, 0.25) is 0 Å². The van der Waals surface area contributed by atoms with E-state index >= 15 is 0 Å². The van der Waals surface area contributed by atoms with Crippen LogP contribution in [0.3, 0.4) is 0 Å². The minimum atomic E-state index is -4.57. The van der Waals surface area contributed by atoms with Gasteiger partial charge in [-0.3, -0.25) is 9.52 Å². The molecule has 8 nitrogen and oxygen atoms in total. The van der Waals surface area contributed by atoms with Crippen molar-refractivity contribution in [2.24, 2.45) is 5.92 Å². The third-order valence-electron chi connectivity index (χ3n) is 6.72. The van der Waals surface area contributed by atoms with Gasteiger partial charge in [0.1, 0.15) is 10.8 Å². The molecule has 0 aliphatic heterocycles. The molecular formula is C27H31F3N4O4S2. The van der Waals surface area contributed by atoms with Crippen LogP contribution in [0.4, 0.5) is 18.3 Å². The average Bonchev–Trinajstić information content (AvgIpc) is 3.59. The Morgan fingerprint density at radius 1 is 1.10 bits per heavy atom. The van der Waals surface area contributed by atoms with E-state index in [0.29, 0.717) is 10.6 Å². The lowest BCUT2D eigenvalue weighted by Crippen LogP contribution is -2.33. The fraction of sp³-hybridized carbons (Fsp3) is 0.444. The van der Waals surface area contributed by atoms with Crippen molar-refractivity contribution in [1.29, 1.82) is 0 Å². The molecule has 0 saturated heterocycles. The normalized spacial score (nSPS) is 15.3. The second-order valence-electron chi connectivity index (χ2n) is 9.91. The molecule has 13 heteroatoms. The number of nitrogens with zero attached hydrogens (tertiary/aromatic N) is 2. The average molecular weight is 597 g/mol. The summed E-state index contributed by atoms with van der Waals surface area (Å²) >= 11 is 1.17. The lowest BCUT2D eigenvalue weighted by Gasteiger charge is -2.26. The van der Waals surface area contributed by atoms with Gasteiger partial charge in [-0.25, -0.2) is 8.42 Å². The number of amides is 1. The molecule has 1 fully saturated rings. The van der Waals surface area contributed by atoms with E-state index in [0.717, 1.165) is 43.9 Å². The summed E-state index contributed by atoms with van der Waals surface area (Å²) in [6.07, 6.45) is -0.895. The van der Waals surface area contributed by atoms with Gasteiger partial charge in [0.05, 0.1) is 28.7 Å². The second kappa shape index (κ2) is 12.1. The van der Waals surface area contributed by atoms with Crippen LogP contribution in [0.25, 0.3) is 0 Å². The Bertz CT molecular complexity index is 1430. The molecule has 0 radical (unpaired) electrons. The summed E-state index contributed by atoms with van der Waals surface area (Å²) in [5, 5.41) is 11.8. The topological polar surface area (TPSA) is 110 Å². The van der Waals surface area contributed by atoms with E-state index in [9.17, 15) is 26.4 Å². The van der Waals surface area contributed by atoms with E-state index in [1.165, 1.54) is 23.5 Å². The fourth-order valence-corrected chi connectivity index (χ4v) is 6.66. The van der Waals surface area contributed by atoms with Gasteiger partial charge in [0.2, 0.25) is 5.13 Å². The van der Waals surface area contributed by atoms with E-state index in [2.05, 4.69) is 20.2 Å². The van der Waals surface area contributed by atoms with E-state index in [1.54, 1.807) is 19.1 Å². The molecule has 1 heterocycles. The molecule has 4 rings (SSSR count). The minimum Gasteiger partial charge on any atom is -0.493 e. The van der Waals surface area contributed by atoms with Crippen molar-refractivity contribution in [3.63, 3.8) is 0 Å². The van der Waals surface area contributed by atoms with Crippen molar-refractivity contribution in [2.45, 2.75) is 69.5 Å². The number of ether oxygens (including phenoxy) is 1. The van der Waals surface area contributed by atoms with Crippen molar-refractivity contribution in [1.82, 2.24) is 15.5 Å². The van der Waals surface area contributed by atoms with Crippen molar-refractivity contribution in [3.05, 3.63) is 64.2 Å². The molecule has 1 unspecified atom stereocenters. The third-order valence-corrected chi connectivity index (χ3v) is 9.34. The van der Waals surface area contributed by atoms with Crippen LogP contribution in [0.5, 0.6) is 5.75 Å². The quantitative estimate of drug-likeness (QED) is 0.275. The van der Waals surface area contributed by atoms with Crippen LogP contribution in [0.15, 0.2) is 47.4 Å². The van der Waals surface area contributed by atoms with E-state index < -0.39 is 33.7 Å². The maximum atomic E-state index is 13.3. The second-order valence-corrected chi connectivity index (χ2v) is 12.6. The van der Waals surface area contributed by atoms with Crippen LogP contribution in [0.1, 0.15) is 84.9 Å². The first-order valence-corrected chi connectivity index (χ1v) is 15.3. The van der Waals surface area contributed by atoms with E-state index in [-0.39, 0.29) is 39.8 Å². The standard InChI is InChI=1S/C27H31F3N4O4S2/c1-4-38-22-15-19(27(28,29)30)11-14-21(22)24(35)31-23(17-7-5-6-8-17)18-9-12-20(13-10-18)40(36,37)34-26-33-32-25(39-26)16(2)3/h9-17,23H,4-8H2,1-3H3,(H,31,35)(H,33,34). The predicted molar refractivity (Wildman–Crippen MR) is 146 cm³/mol. The molecule has 1 atom stereocenters. The van der Waals surface area contributed by atoms with Gasteiger partial charge in [0.15, 0.2) is 0 Å². The summed E-state index contributed by atoms with van der Waals surface area (Å²) in [5.74, 6) is -0.509. The predicted octanol–water partition coefficient (Wildman–Crippen LogP) is 6.54. The molecule has 2 N–H and O–H groups in total. The highest BCUT2D eigenvalue weighted by molar-refractivity contribution is 7.93. The zero-order valence-electron chi connectivity index (χ0n) is 22.3. The van der Waals surface area contributed by atoms with Gasteiger partial charge in [-0.05, 0) is 61.6 Å². The van der Waals surface area contributed by atoms with Crippen molar-refractivity contribution >= 4 is 32.4 Å². The number of aromatic nitrogens is 2. The Morgan fingerprint density at radius 2 is 1.77 bits per heavy atom. The largest absolute Gasteiger partial charge is 0.493 e. The molecule has 216 valence electrons. The molecule has 1 amide bonds. The summed E-state index contributed by atoms with van der Waals surface area (Å²) in [4.78, 5) is 13.4. The number of hydrogen-bond acceptors (Lipinski definition) is 7. The molecular weight excluding hydrogens is 565 g/mol. The van der Waals surface area contributed by atoms with Crippen molar-refractivity contribution in [3.8, 4) is 5.75 Å². The van der Waals surface area contributed by atoms with E-state index in [4.69, 9.17) is 4.74 Å². The first-order valence-electron chi connectivity index (χ1n) is 13.0. The number of nitrogens with one attached hydrogen (secondary N) is 2. The number of rotatable bonds is 10. The van der Waals surface area contributed by atoms with Crippen LogP contribution in [-0.4, -0.2) is 31.1 Å². The SMILES string of the molecule is CCOc1cc(C(F)(F)F)ccc1C(=O)NC(c1ccc(S(=O)(=O)Nc2nnc(C(C)C)s2)cc1)C1CCCC1. The summed E-state index contributed by atoms with van der Waals surface area (Å²) in [6, 6.07) is 8.55. The molecule has 1 aliphatic carbocycles. The number of halogens is 3. The number of anilines is 1. The van der Waals surface area contributed by atoms with E-state index in [1.807, 2.05) is 13.8 Å². The monoisotopic (exact) mass is 596 g/mol. The van der Waals surface area contributed by atoms with Gasteiger partial charge in [0, 0.05) is 5.92 Å². The van der Waals surface area contributed by atoms with Crippen LogP contribution in [0, 0.1) is 5.92 Å². The zero-order valence-corrected chi connectivity index (χ0v) is 23.9.